The fourth-order valence-corrected chi connectivity index (χ4v) is 4.50. The molecule has 0 aliphatic heterocycles. The van der Waals surface area contributed by atoms with Crippen LogP contribution in [0, 0.1) is 0 Å². The third-order valence-corrected chi connectivity index (χ3v) is 7.20. The highest BCUT2D eigenvalue weighted by molar-refractivity contribution is 5.70. The van der Waals surface area contributed by atoms with Crippen molar-refractivity contribution in [3.63, 3.8) is 0 Å². The number of carbonyl (C=O) groups excluding carboxylic acids is 3. The summed E-state index contributed by atoms with van der Waals surface area (Å²) in [5, 5.41) is 11.5. The number of rotatable bonds is 29. The van der Waals surface area contributed by atoms with E-state index in [-0.39, 0.29) is 49.1 Å². The number of unbranched alkanes of at least 4 members (excludes halogenated alkanes) is 7. The van der Waals surface area contributed by atoms with E-state index in [1.807, 2.05) is 0 Å². The Kier molecular flexibility index (Phi) is 27.0. The molecule has 0 saturated heterocycles. The van der Waals surface area contributed by atoms with E-state index in [1.165, 1.54) is 25.7 Å². The summed E-state index contributed by atoms with van der Waals surface area (Å²) in [6, 6.07) is -0.734. The molecule has 8 heteroatoms. The Morgan fingerprint density at radius 1 is 0.689 bits per heavy atom. The second-order valence-electron chi connectivity index (χ2n) is 12.4. The van der Waals surface area contributed by atoms with Crippen LogP contribution < -0.4 is 5.11 Å². The summed E-state index contributed by atoms with van der Waals surface area (Å²) in [4.78, 5) is 36.4. The van der Waals surface area contributed by atoms with Crippen LogP contribution in [0.2, 0.25) is 0 Å². The summed E-state index contributed by atoms with van der Waals surface area (Å²) < 4.78 is 16.9. The van der Waals surface area contributed by atoms with E-state index in [4.69, 9.17) is 14.2 Å². The number of esters is 2. The van der Waals surface area contributed by atoms with Gasteiger partial charge in [0.15, 0.2) is 6.10 Å². The number of quaternary nitrogens is 1. The van der Waals surface area contributed by atoms with Crippen molar-refractivity contribution < 1.29 is 38.2 Å². The van der Waals surface area contributed by atoms with Gasteiger partial charge in [-0.15, -0.1) is 0 Å². The van der Waals surface area contributed by atoms with Crippen molar-refractivity contribution in [1.82, 2.24) is 0 Å². The van der Waals surface area contributed by atoms with Gasteiger partial charge in [0.05, 0.1) is 40.3 Å². The Morgan fingerprint density at radius 3 is 1.89 bits per heavy atom. The number of aliphatic carboxylic acids is 1. The summed E-state index contributed by atoms with van der Waals surface area (Å²) in [6.07, 6.45) is 30.1. The normalized spacial score (nSPS) is 13.7. The molecule has 0 radical (unpaired) electrons. The largest absolute Gasteiger partial charge is 0.544 e. The Morgan fingerprint density at radius 2 is 1.27 bits per heavy atom. The molecule has 45 heavy (non-hydrogen) atoms. The van der Waals surface area contributed by atoms with Gasteiger partial charge < -0.3 is 28.6 Å². The van der Waals surface area contributed by atoms with Gasteiger partial charge in [-0.25, -0.2) is 0 Å². The molecule has 0 bridgehead atoms. The first-order valence-corrected chi connectivity index (χ1v) is 17.2. The zero-order valence-corrected chi connectivity index (χ0v) is 29.0. The van der Waals surface area contributed by atoms with E-state index in [0.29, 0.717) is 19.3 Å². The smallest absolute Gasteiger partial charge is 0.306 e. The summed E-state index contributed by atoms with van der Waals surface area (Å²) in [7, 11) is 5.36. The number of allylic oxidation sites excluding steroid dienone is 8. The molecule has 258 valence electrons. The standard InChI is InChI=1S/C37H63NO7/c1-6-8-10-12-14-16-17-18-20-21-23-25-27-35(39)44-32-33(31-43-30-29-34(37(41)42)38(3,4)5)45-36(40)28-26-24-22-19-15-13-11-9-7-2/h8,10,14,16,18-20,22,33-34H,6-7,9,11-13,15,17,21,23-32H2,1-5H3/b10-8+,16-14+,20-18+,22-19+. The number of carboxylic acids is 1. The summed E-state index contributed by atoms with van der Waals surface area (Å²) in [5.74, 6) is -1.84. The van der Waals surface area contributed by atoms with E-state index in [2.05, 4.69) is 62.5 Å². The third kappa shape index (κ3) is 27.3. The minimum absolute atomic E-state index is 0.0156. The topological polar surface area (TPSA) is 102 Å². The first kappa shape index (κ1) is 42.3. The van der Waals surface area contributed by atoms with E-state index in [1.54, 1.807) is 21.1 Å². The van der Waals surface area contributed by atoms with Crippen LogP contribution in [0.25, 0.3) is 0 Å². The first-order valence-electron chi connectivity index (χ1n) is 17.2. The Bertz CT molecular complexity index is 886. The lowest BCUT2D eigenvalue weighted by atomic mass is 10.1. The third-order valence-electron chi connectivity index (χ3n) is 7.20. The molecule has 0 aromatic heterocycles. The molecule has 0 spiro atoms. The fraction of sp³-hybridized carbons (Fsp3) is 0.703. The monoisotopic (exact) mass is 633 g/mol. The maximum absolute atomic E-state index is 12.5. The van der Waals surface area contributed by atoms with Crippen molar-refractivity contribution >= 4 is 17.9 Å². The Labute approximate surface area is 274 Å². The van der Waals surface area contributed by atoms with Crippen molar-refractivity contribution in [2.45, 2.75) is 129 Å². The van der Waals surface area contributed by atoms with Crippen LogP contribution in [0.5, 0.6) is 0 Å². The van der Waals surface area contributed by atoms with Gasteiger partial charge in [-0.2, -0.15) is 0 Å². The molecule has 8 nitrogen and oxygen atoms in total. The molecule has 0 fully saturated rings. The molecule has 0 aromatic carbocycles. The van der Waals surface area contributed by atoms with E-state index in [0.717, 1.165) is 44.9 Å². The van der Waals surface area contributed by atoms with Gasteiger partial charge in [0.25, 0.3) is 0 Å². The lowest BCUT2D eigenvalue weighted by molar-refractivity contribution is -0.889. The van der Waals surface area contributed by atoms with Crippen LogP contribution in [0.4, 0.5) is 0 Å². The molecule has 2 atom stereocenters. The molecular weight excluding hydrogens is 570 g/mol. The highest BCUT2D eigenvalue weighted by Gasteiger charge is 2.25. The van der Waals surface area contributed by atoms with Gasteiger partial charge >= 0.3 is 11.9 Å². The molecule has 0 saturated carbocycles. The van der Waals surface area contributed by atoms with Crippen LogP contribution in [0.15, 0.2) is 48.6 Å². The highest BCUT2D eigenvalue weighted by Crippen LogP contribution is 2.10. The average Bonchev–Trinajstić information content (AvgIpc) is 2.98. The second kappa shape index (κ2) is 28.7. The predicted octanol–water partition coefficient (Wildman–Crippen LogP) is 6.79. The molecule has 0 rings (SSSR count). The predicted molar refractivity (Wildman–Crippen MR) is 180 cm³/mol. The molecule has 0 N–H and O–H groups in total. The molecule has 0 aliphatic carbocycles. The molecule has 0 heterocycles. The van der Waals surface area contributed by atoms with Crippen molar-refractivity contribution in [3.05, 3.63) is 48.6 Å². The van der Waals surface area contributed by atoms with E-state index < -0.39 is 18.1 Å². The van der Waals surface area contributed by atoms with Crippen molar-refractivity contribution in [2.75, 3.05) is 41.0 Å². The van der Waals surface area contributed by atoms with Crippen LogP contribution in [-0.4, -0.2) is 75.5 Å². The van der Waals surface area contributed by atoms with Gasteiger partial charge in [0.1, 0.15) is 12.6 Å². The number of ether oxygens (including phenoxy) is 3. The molecule has 2 unspecified atom stereocenters. The lowest BCUT2D eigenvalue weighted by Gasteiger charge is -2.34. The molecule has 0 aromatic rings. The molecular formula is C37H63NO7. The lowest BCUT2D eigenvalue weighted by Crippen LogP contribution is -2.55. The summed E-state index contributed by atoms with van der Waals surface area (Å²) in [5.41, 5.74) is 0. The Balaban J connectivity index is 4.58. The maximum atomic E-state index is 12.5. The van der Waals surface area contributed by atoms with Crippen LogP contribution in [0.3, 0.4) is 0 Å². The summed E-state index contributed by atoms with van der Waals surface area (Å²) >= 11 is 0. The minimum atomic E-state index is -1.14. The average molecular weight is 634 g/mol. The van der Waals surface area contributed by atoms with Crippen molar-refractivity contribution in [2.24, 2.45) is 0 Å². The van der Waals surface area contributed by atoms with Gasteiger partial charge in [-0.1, -0.05) is 81.7 Å². The number of carbonyl (C=O) groups is 3. The minimum Gasteiger partial charge on any atom is -0.544 e. The molecule has 0 aliphatic rings. The zero-order valence-electron chi connectivity index (χ0n) is 29.0. The Hall–Kier alpha value is -2.71. The van der Waals surface area contributed by atoms with E-state index in [9.17, 15) is 19.5 Å². The van der Waals surface area contributed by atoms with Crippen LogP contribution >= 0.6 is 0 Å². The number of likely N-dealkylation sites (N-methyl/N-ethyl adjacent to an activating group) is 1. The van der Waals surface area contributed by atoms with Gasteiger partial charge in [-0.05, 0) is 64.2 Å². The van der Waals surface area contributed by atoms with Crippen LogP contribution in [-0.2, 0) is 28.6 Å². The zero-order chi connectivity index (χ0) is 33.6. The molecule has 0 amide bonds. The highest BCUT2D eigenvalue weighted by atomic mass is 16.6. The number of carboxylic acid groups (broad SMARTS) is 1. The first-order chi connectivity index (χ1) is 21.6. The van der Waals surface area contributed by atoms with Gasteiger partial charge in [0.2, 0.25) is 0 Å². The van der Waals surface area contributed by atoms with Crippen molar-refractivity contribution in [1.29, 1.82) is 0 Å². The second-order valence-corrected chi connectivity index (χ2v) is 12.4. The maximum Gasteiger partial charge on any atom is 0.306 e. The fourth-order valence-electron chi connectivity index (χ4n) is 4.50. The SMILES string of the molecule is CC/C=C/C/C=C/C/C=C/CCCCC(=O)OCC(COCCC(C(=O)[O-])[N+](C)(C)C)OC(=O)CCC/C=C/CCCCCC. The number of hydrogen-bond donors (Lipinski definition) is 0. The van der Waals surface area contributed by atoms with Gasteiger partial charge in [0, 0.05) is 19.3 Å². The quantitative estimate of drug-likeness (QED) is 0.0387. The van der Waals surface area contributed by atoms with E-state index >= 15 is 0 Å². The summed E-state index contributed by atoms with van der Waals surface area (Å²) in [6.45, 7) is 4.39. The van der Waals surface area contributed by atoms with Crippen molar-refractivity contribution in [3.8, 4) is 0 Å². The number of nitrogens with zero attached hydrogens (tertiary/aromatic N) is 1. The van der Waals surface area contributed by atoms with Crippen LogP contribution in [0.1, 0.15) is 117 Å². The number of hydrogen-bond acceptors (Lipinski definition) is 7. The van der Waals surface area contributed by atoms with Gasteiger partial charge in [-0.3, -0.25) is 9.59 Å².